The van der Waals surface area contributed by atoms with Gasteiger partial charge in [0.15, 0.2) is 0 Å². The molecule has 11 heteroatoms. The second-order valence-electron chi connectivity index (χ2n) is 7.75. The lowest BCUT2D eigenvalue weighted by atomic mass is 10.2. The highest BCUT2D eigenvalue weighted by Gasteiger charge is 2.26. The van der Waals surface area contributed by atoms with Gasteiger partial charge in [-0.05, 0) is 32.0 Å². The van der Waals surface area contributed by atoms with E-state index in [4.69, 9.17) is 4.74 Å². The number of nitrogens with one attached hydrogen (secondary N) is 1. The molecule has 0 aliphatic carbocycles. The summed E-state index contributed by atoms with van der Waals surface area (Å²) in [7, 11) is 0. The summed E-state index contributed by atoms with van der Waals surface area (Å²) in [5.41, 5.74) is 2.55. The van der Waals surface area contributed by atoms with Crippen LogP contribution in [0.4, 0.5) is 11.5 Å². The third-order valence-corrected chi connectivity index (χ3v) is 5.15. The first-order valence-corrected chi connectivity index (χ1v) is 10.3. The minimum absolute atomic E-state index is 0.0526. The molecule has 2 aromatic heterocycles. The number of aromatic nitrogens is 2. The van der Waals surface area contributed by atoms with E-state index in [-0.39, 0.29) is 34.6 Å². The molecule has 1 fully saturated rings. The van der Waals surface area contributed by atoms with Crippen molar-refractivity contribution < 1.29 is 14.5 Å². The zero-order valence-corrected chi connectivity index (χ0v) is 18.0. The van der Waals surface area contributed by atoms with Gasteiger partial charge in [-0.3, -0.25) is 24.1 Å². The first kappa shape index (κ1) is 22.1. The van der Waals surface area contributed by atoms with Crippen LogP contribution in [0.25, 0.3) is 5.65 Å². The number of carbonyl (C=O) groups is 1. The molecular formula is C22H22N6O5. The average molecular weight is 450 g/mol. The summed E-state index contributed by atoms with van der Waals surface area (Å²) in [6.45, 7) is 4.98. The molecule has 1 amide bonds. The molecule has 1 saturated heterocycles. The van der Waals surface area contributed by atoms with Crippen LogP contribution in [-0.4, -0.2) is 51.7 Å². The quantitative estimate of drug-likeness (QED) is 0.357. The fraction of sp³-hybridized carbons (Fsp3) is 0.273. The number of nitro groups is 1. The first-order valence-electron chi connectivity index (χ1n) is 10.3. The van der Waals surface area contributed by atoms with E-state index >= 15 is 0 Å². The van der Waals surface area contributed by atoms with Crippen LogP contribution in [0.15, 0.2) is 58.6 Å². The largest absolute Gasteiger partial charge is 0.372 e. The lowest BCUT2D eigenvalue weighted by Gasteiger charge is -2.36. The number of rotatable bonds is 5. The van der Waals surface area contributed by atoms with Crippen LogP contribution in [0.1, 0.15) is 29.8 Å². The van der Waals surface area contributed by atoms with Crippen molar-refractivity contribution >= 4 is 29.3 Å². The van der Waals surface area contributed by atoms with E-state index < -0.39 is 10.8 Å². The Balaban J connectivity index is 1.67. The number of nitro benzene ring substituents is 1. The molecule has 1 aliphatic heterocycles. The Kier molecular flexibility index (Phi) is 6.13. The number of hydrogen-bond acceptors (Lipinski definition) is 8. The Bertz CT molecular complexity index is 1290. The number of pyridine rings is 1. The van der Waals surface area contributed by atoms with Crippen molar-refractivity contribution in [2.24, 2.45) is 5.10 Å². The van der Waals surface area contributed by atoms with E-state index in [2.05, 4.69) is 15.5 Å². The van der Waals surface area contributed by atoms with Crippen LogP contribution in [0.3, 0.4) is 0 Å². The maximum atomic E-state index is 13.2. The molecule has 2 atom stereocenters. The minimum Gasteiger partial charge on any atom is -0.372 e. The molecule has 0 saturated carbocycles. The van der Waals surface area contributed by atoms with Gasteiger partial charge in [0.25, 0.3) is 17.2 Å². The van der Waals surface area contributed by atoms with Gasteiger partial charge in [0.05, 0.1) is 23.3 Å². The van der Waals surface area contributed by atoms with Crippen LogP contribution in [0, 0.1) is 10.1 Å². The summed E-state index contributed by atoms with van der Waals surface area (Å²) in [6.07, 6.45) is 2.76. The zero-order chi connectivity index (χ0) is 23.5. The van der Waals surface area contributed by atoms with Crippen molar-refractivity contribution in [3.8, 4) is 0 Å². The molecule has 0 spiro atoms. The van der Waals surface area contributed by atoms with Gasteiger partial charge >= 0.3 is 0 Å². The highest BCUT2D eigenvalue weighted by atomic mass is 16.6. The smallest absolute Gasteiger partial charge is 0.271 e. The third kappa shape index (κ3) is 4.72. The summed E-state index contributed by atoms with van der Waals surface area (Å²) in [6, 6.07) is 10.5. The van der Waals surface area contributed by atoms with Crippen LogP contribution < -0.4 is 15.9 Å². The molecule has 0 bridgehead atoms. The number of hydrazone groups is 1. The van der Waals surface area contributed by atoms with Gasteiger partial charge < -0.3 is 9.64 Å². The number of nitrogens with zero attached hydrogens (tertiary/aromatic N) is 5. The van der Waals surface area contributed by atoms with Gasteiger partial charge in [0, 0.05) is 37.0 Å². The Morgan fingerprint density at radius 1 is 1.24 bits per heavy atom. The normalized spacial score (nSPS) is 18.5. The van der Waals surface area contributed by atoms with Crippen molar-refractivity contribution in [2.75, 3.05) is 18.0 Å². The average Bonchev–Trinajstić information content (AvgIpc) is 2.79. The summed E-state index contributed by atoms with van der Waals surface area (Å²) in [4.78, 5) is 42.6. The molecule has 170 valence electrons. The van der Waals surface area contributed by atoms with Crippen molar-refractivity contribution in [2.45, 2.75) is 26.1 Å². The van der Waals surface area contributed by atoms with Crippen molar-refractivity contribution in [3.05, 3.63) is 80.3 Å². The maximum Gasteiger partial charge on any atom is 0.271 e. The van der Waals surface area contributed by atoms with Crippen molar-refractivity contribution in [1.29, 1.82) is 0 Å². The van der Waals surface area contributed by atoms with E-state index in [1.165, 1.54) is 28.8 Å². The molecule has 11 nitrogen and oxygen atoms in total. The Morgan fingerprint density at radius 2 is 2.00 bits per heavy atom. The molecule has 0 radical (unpaired) electrons. The van der Waals surface area contributed by atoms with E-state index in [0.717, 1.165) is 6.07 Å². The molecule has 1 N–H and O–H groups in total. The molecule has 1 aromatic carbocycles. The van der Waals surface area contributed by atoms with Gasteiger partial charge in [0.1, 0.15) is 17.0 Å². The number of carbonyl (C=O) groups excluding carboxylic acids is 1. The highest BCUT2D eigenvalue weighted by Crippen LogP contribution is 2.21. The Labute approximate surface area is 188 Å². The number of benzene rings is 1. The van der Waals surface area contributed by atoms with Crippen LogP contribution >= 0.6 is 0 Å². The molecule has 0 unspecified atom stereocenters. The molecule has 3 aromatic rings. The highest BCUT2D eigenvalue weighted by molar-refractivity contribution is 5.96. The summed E-state index contributed by atoms with van der Waals surface area (Å²) < 4.78 is 7.20. The lowest BCUT2D eigenvalue weighted by molar-refractivity contribution is -0.384. The third-order valence-electron chi connectivity index (χ3n) is 5.15. The Morgan fingerprint density at radius 3 is 2.73 bits per heavy atom. The van der Waals surface area contributed by atoms with E-state index in [1.807, 2.05) is 18.7 Å². The standard InChI is InChI=1S/C22H22N6O5/c1-14-12-26(13-15(2)33-14)20-18(22(30)27-9-4-3-8-19(27)24-20)11-23-25-21(29)16-6-5-7-17(10-16)28(31)32/h3-11,14-15H,12-13H2,1-2H3,(H,25,29)/b23-11-/t14-,15+. The molecule has 33 heavy (non-hydrogen) atoms. The number of hydrogen-bond donors (Lipinski definition) is 1. The predicted octanol–water partition coefficient (Wildman–Crippen LogP) is 1.98. The van der Waals surface area contributed by atoms with Crippen molar-refractivity contribution in [1.82, 2.24) is 14.8 Å². The topological polar surface area (TPSA) is 131 Å². The second-order valence-corrected chi connectivity index (χ2v) is 7.75. The predicted molar refractivity (Wildman–Crippen MR) is 122 cm³/mol. The maximum absolute atomic E-state index is 13.2. The van der Waals surface area contributed by atoms with Gasteiger partial charge in [0.2, 0.25) is 0 Å². The number of morpholine rings is 1. The van der Waals surface area contributed by atoms with Crippen molar-refractivity contribution in [3.63, 3.8) is 0 Å². The SMILES string of the molecule is C[C@@H]1CN(c2nc3ccccn3c(=O)c2/C=N\NC(=O)c2cccc([N+](=O)[O-])c2)C[C@H](C)O1. The zero-order valence-electron chi connectivity index (χ0n) is 18.0. The summed E-state index contributed by atoms with van der Waals surface area (Å²) >= 11 is 0. The number of fused-ring (bicyclic) bond motifs is 1. The molecule has 3 heterocycles. The molecule has 4 rings (SSSR count). The number of amides is 1. The lowest BCUT2D eigenvalue weighted by Crippen LogP contribution is -2.47. The van der Waals surface area contributed by atoms with Crippen LogP contribution in [0.5, 0.6) is 0 Å². The van der Waals surface area contributed by atoms with E-state index in [0.29, 0.717) is 24.6 Å². The van der Waals surface area contributed by atoms with E-state index in [9.17, 15) is 19.7 Å². The fourth-order valence-corrected chi connectivity index (χ4v) is 3.78. The van der Waals surface area contributed by atoms with Crippen LogP contribution in [0.2, 0.25) is 0 Å². The molecule has 1 aliphatic rings. The number of ether oxygens (including phenoxy) is 1. The Hall–Kier alpha value is -4.12. The second kappa shape index (κ2) is 9.17. The van der Waals surface area contributed by atoms with Gasteiger partial charge in [-0.2, -0.15) is 5.10 Å². The number of non-ortho nitro benzene ring substituents is 1. The van der Waals surface area contributed by atoms with E-state index in [1.54, 1.807) is 24.4 Å². The monoisotopic (exact) mass is 450 g/mol. The van der Waals surface area contributed by atoms with Gasteiger partial charge in [-0.25, -0.2) is 10.4 Å². The molecular weight excluding hydrogens is 428 g/mol. The fourth-order valence-electron chi connectivity index (χ4n) is 3.78. The summed E-state index contributed by atoms with van der Waals surface area (Å²) in [5, 5.41) is 14.9. The first-order chi connectivity index (χ1) is 15.8. The minimum atomic E-state index is -0.640. The van der Waals surface area contributed by atoms with Gasteiger partial charge in [-0.1, -0.05) is 12.1 Å². The van der Waals surface area contributed by atoms with Crippen LogP contribution in [-0.2, 0) is 4.74 Å². The van der Waals surface area contributed by atoms with Gasteiger partial charge in [-0.15, -0.1) is 0 Å². The number of anilines is 1. The summed E-state index contributed by atoms with van der Waals surface area (Å²) in [5.74, 6) is -0.194.